The topological polar surface area (TPSA) is 26.5 Å². The van der Waals surface area contributed by atoms with Gasteiger partial charge in [0.2, 0.25) is 0 Å². The van der Waals surface area contributed by atoms with Crippen LogP contribution in [0.2, 0.25) is 0 Å². The van der Waals surface area contributed by atoms with Gasteiger partial charge < -0.3 is 4.74 Å². The highest BCUT2D eigenvalue weighted by Crippen LogP contribution is 2.32. The lowest BCUT2D eigenvalue weighted by molar-refractivity contribution is 0.418. The Hall–Kier alpha value is -1.33. The van der Waals surface area contributed by atoms with Crippen molar-refractivity contribution in [1.29, 1.82) is 0 Å². The molecule has 0 saturated carbocycles. The van der Waals surface area contributed by atoms with Gasteiger partial charge in [0.1, 0.15) is 11.3 Å². The van der Waals surface area contributed by atoms with Crippen LogP contribution in [0.3, 0.4) is 0 Å². The number of ether oxygens (including phenoxy) is 1. The molecule has 17 heavy (non-hydrogen) atoms. The number of thiophene rings is 1. The zero-order valence-corrected chi connectivity index (χ0v) is 11.5. The van der Waals surface area contributed by atoms with Gasteiger partial charge in [-0.1, -0.05) is 0 Å². The fraction of sp³-hybridized carbons (Fsp3) is 0.0833. The molecule has 3 nitrogen and oxygen atoms in total. The lowest BCUT2D eigenvalue weighted by Crippen LogP contribution is -1.90. The van der Waals surface area contributed by atoms with E-state index in [0.29, 0.717) is 0 Å². The number of hydrogen-bond acceptors (Lipinski definition) is 3. The summed E-state index contributed by atoms with van der Waals surface area (Å²) in [7, 11) is 1.67. The number of aromatic nitrogens is 2. The van der Waals surface area contributed by atoms with E-state index in [1.165, 1.54) is 0 Å². The van der Waals surface area contributed by atoms with Gasteiger partial charge in [0.15, 0.2) is 5.82 Å². The summed E-state index contributed by atoms with van der Waals surface area (Å²) in [5.74, 6) is 1.77. The molecule has 0 N–H and O–H groups in total. The van der Waals surface area contributed by atoms with Crippen LogP contribution in [0.4, 0.5) is 0 Å². The number of fused-ring (bicyclic) bond motifs is 1. The van der Waals surface area contributed by atoms with Gasteiger partial charge in [-0.15, -0.1) is 11.3 Å². The van der Waals surface area contributed by atoms with Crippen molar-refractivity contribution >= 4 is 32.8 Å². The predicted octanol–water partition coefficient (Wildman–Crippen LogP) is 3.83. The molecule has 86 valence electrons. The Morgan fingerprint density at radius 1 is 1.35 bits per heavy atom. The molecule has 0 aliphatic carbocycles. The third kappa shape index (κ3) is 1.75. The number of nitrogens with zero attached hydrogens (tertiary/aromatic N) is 2. The Morgan fingerprint density at radius 2 is 2.24 bits per heavy atom. The highest BCUT2D eigenvalue weighted by molar-refractivity contribution is 9.11. The molecule has 0 atom stereocenters. The van der Waals surface area contributed by atoms with E-state index < -0.39 is 0 Å². The smallest absolute Gasteiger partial charge is 0.154 e. The molecular weight excluding hydrogens is 300 g/mol. The van der Waals surface area contributed by atoms with Crippen molar-refractivity contribution in [3.8, 4) is 16.5 Å². The number of rotatable bonds is 2. The van der Waals surface area contributed by atoms with Crippen molar-refractivity contribution in [3.63, 3.8) is 0 Å². The maximum Gasteiger partial charge on any atom is 0.154 e. The molecule has 0 aliphatic heterocycles. The minimum atomic E-state index is 0.835. The van der Waals surface area contributed by atoms with E-state index in [1.807, 2.05) is 35.0 Å². The van der Waals surface area contributed by atoms with E-state index in [4.69, 9.17) is 4.74 Å². The second kappa shape index (κ2) is 4.16. The number of methoxy groups -OCH3 is 1. The summed E-state index contributed by atoms with van der Waals surface area (Å²) in [5.41, 5.74) is 0.981. The fourth-order valence-electron chi connectivity index (χ4n) is 1.79. The summed E-state index contributed by atoms with van der Waals surface area (Å²) in [6.07, 6.45) is 3.83. The molecule has 5 heteroatoms. The predicted molar refractivity (Wildman–Crippen MR) is 72.8 cm³/mol. The van der Waals surface area contributed by atoms with E-state index in [2.05, 4.69) is 27.0 Å². The normalized spacial score (nSPS) is 10.9. The first-order valence-corrected chi connectivity index (χ1v) is 6.66. The summed E-state index contributed by atoms with van der Waals surface area (Å²) in [6, 6.07) is 7.98. The van der Waals surface area contributed by atoms with Crippen molar-refractivity contribution < 1.29 is 4.74 Å². The zero-order valence-electron chi connectivity index (χ0n) is 9.05. The maximum absolute atomic E-state index is 5.32. The third-order valence-electron chi connectivity index (χ3n) is 2.55. The van der Waals surface area contributed by atoms with Gasteiger partial charge in [-0.05, 0) is 40.2 Å². The SMILES string of the molecule is COc1cccn2c(-c3ccc(Br)s3)ncc12. The summed E-state index contributed by atoms with van der Waals surface area (Å²) < 4.78 is 8.46. The monoisotopic (exact) mass is 308 g/mol. The lowest BCUT2D eigenvalue weighted by Gasteiger charge is -2.03. The second-order valence-electron chi connectivity index (χ2n) is 3.52. The Balaban J connectivity index is 2.25. The Morgan fingerprint density at radius 3 is 2.94 bits per heavy atom. The number of hydrogen-bond donors (Lipinski definition) is 0. The summed E-state index contributed by atoms with van der Waals surface area (Å²) >= 11 is 5.13. The zero-order chi connectivity index (χ0) is 11.8. The van der Waals surface area contributed by atoms with E-state index in [1.54, 1.807) is 18.4 Å². The van der Waals surface area contributed by atoms with Crippen LogP contribution in [0.15, 0.2) is 40.4 Å². The van der Waals surface area contributed by atoms with E-state index in [-0.39, 0.29) is 0 Å². The molecule has 3 aromatic rings. The molecule has 3 aromatic heterocycles. The van der Waals surface area contributed by atoms with Gasteiger partial charge in [0.25, 0.3) is 0 Å². The van der Waals surface area contributed by atoms with Crippen molar-refractivity contribution in [3.05, 3.63) is 40.4 Å². The van der Waals surface area contributed by atoms with Gasteiger partial charge in [-0.2, -0.15) is 0 Å². The maximum atomic E-state index is 5.32. The van der Waals surface area contributed by atoms with Gasteiger partial charge in [-0.25, -0.2) is 4.98 Å². The minimum absolute atomic E-state index is 0.835. The van der Waals surface area contributed by atoms with Crippen LogP contribution in [0, 0.1) is 0 Å². The molecule has 3 heterocycles. The molecule has 0 radical (unpaired) electrons. The summed E-state index contributed by atoms with van der Waals surface area (Å²) in [5, 5.41) is 0. The molecule has 0 bridgehead atoms. The van der Waals surface area contributed by atoms with Crippen molar-refractivity contribution in [2.24, 2.45) is 0 Å². The quantitative estimate of drug-likeness (QED) is 0.719. The van der Waals surface area contributed by atoms with Crippen LogP contribution >= 0.6 is 27.3 Å². The number of pyridine rings is 1. The molecule has 0 aromatic carbocycles. The molecule has 0 saturated heterocycles. The molecule has 3 rings (SSSR count). The molecule has 0 amide bonds. The first-order chi connectivity index (χ1) is 8.29. The second-order valence-corrected chi connectivity index (χ2v) is 5.98. The van der Waals surface area contributed by atoms with E-state index in [9.17, 15) is 0 Å². The van der Waals surface area contributed by atoms with Gasteiger partial charge in [0.05, 0.1) is 22.0 Å². The van der Waals surface area contributed by atoms with Crippen molar-refractivity contribution in [1.82, 2.24) is 9.38 Å². The van der Waals surface area contributed by atoms with Crippen LogP contribution in [-0.4, -0.2) is 16.5 Å². The molecule has 0 aliphatic rings. The number of imidazole rings is 1. The minimum Gasteiger partial charge on any atom is -0.494 e. The Bertz CT molecular complexity index is 674. The van der Waals surface area contributed by atoms with Gasteiger partial charge in [0, 0.05) is 6.20 Å². The largest absolute Gasteiger partial charge is 0.494 e. The van der Waals surface area contributed by atoms with E-state index in [0.717, 1.165) is 25.8 Å². The summed E-state index contributed by atoms with van der Waals surface area (Å²) in [6.45, 7) is 0. The molecular formula is C12H9BrN2OS. The third-order valence-corrected chi connectivity index (χ3v) is 4.17. The van der Waals surface area contributed by atoms with Gasteiger partial charge >= 0.3 is 0 Å². The average molecular weight is 309 g/mol. The van der Waals surface area contributed by atoms with Crippen LogP contribution in [-0.2, 0) is 0 Å². The first-order valence-electron chi connectivity index (χ1n) is 5.05. The fourth-order valence-corrected chi connectivity index (χ4v) is 3.17. The van der Waals surface area contributed by atoms with Gasteiger partial charge in [-0.3, -0.25) is 4.40 Å². The van der Waals surface area contributed by atoms with Crippen LogP contribution < -0.4 is 4.74 Å². The van der Waals surface area contributed by atoms with Crippen LogP contribution in [0.1, 0.15) is 0 Å². The molecule has 0 fully saturated rings. The lowest BCUT2D eigenvalue weighted by atomic mass is 10.4. The highest BCUT2D eigenvalue weighted by atomic mass is 79.9. The standard InChI is InChI=1S/C12H9BrN2OS/c1-16-9-3-2-6-15-8(9)7-14-12(15)10-4-5-11(13)17-10/h2-7H,1H3. The van der Waals surface area contributed by atoms with Crippen molar-refractivity contribution in [2.75, 3.05) is 7.11 Å². The molecule has 0 spiro atoms. The molecule has 0 unspecified atom stereocenters. The number of halogens is 1. The average Bonchev–Trinajstić information content (AvgIpc) is 2.94. The summed E-state index contributed by atoms with van der Waals surface area (Å²) in [4.78, 5) is 5.59. The Labute approximate surface area is 111 Å². The van der Waals surface area contributed by atoms with Crippen LogP contribution in [0.5, 0.6) is 5.75 Å². The van der Waals surface area contributed by atoms with E-state index >= 15 is 0 Å². The first kappa shape index (κ1) is 10.8. The Kier molecular flexibility index (Phi) is 2.64. The highest BCUT2D eigenvalue weighted by Gasteiger charge is 2.10. The van der Waals surface area contributed by atoms with Crippen molar-refractivity contribution in [2.45, 2.75) is 0 Å². The van der Waals surface area contributed by atoms with Crippen LogP contribution in [0.25, 0.3) is 16.2 Å².